The van der Waals surface area contributed by atoms with Crippen LogP contribution < -0.4 is 0 Å². The summed E-state index contributed by atoms with van der Waals surface area (Å²) >= 11 is 0. The van der Waals surface area contributed by atoms with Gasteiger partial charge in [0.25, 0.3) is 17.7 Å². The molecule has 0 saturated heterocycles. The number of aromatic nitrogens is 1. The van der Waals surface area contributed by atoms with Crippen molar-refractivity contribution >= 4 is 23.7 Å². The number of oxazole rings is 1. The predicted octanol–water partition coefficient (Wildman–Crippen LogP) is 7.10. The summed E-state index contributed by atoms with van der Waals surface area (Å²) < 4.78 is 55.6. The van der Waals surface area contributed by atoms with Crippen LogP contribution in [-0.2, 0) is 20.7 Å². The molecule has 50 heavy (non-hydrogen) atoms. The molecule has 3 amide bonds. The summed E-state index contributed by atoms with van der Waals surface area (Å²) in [6.45, 7) is 6.74. The Bertz CT molecular complexity index is 1870. The Morgan fingerprint density at radius 3 is 2.14 bits per heavy atom. The van der Waals surface area contributed by atoms with Gasteiger partial charge in [-0.05, 0) is 54.7 Å². The van der Waals surface area contributed by atoms with Crippen molar-refractivity contribution in [2.75, 3.05) is 13.2 Å². The summed E-state index contributed by atoms with van der Waals surface area (Å²) in [6.07, 6.45) is -1.30. The van der Waals surface area contributed by atoms with E-state index in [-0.39, 0.29) is 53.4 Å². The molecule has 262 valence electrons. The average Bonchev–Trinajstić information content (AvgIpc) is 3.58. The topological polar surface area (TPSA) is 110 Å². The van der Waals surface area contributed by atoms with E-state index < -0.39 is 65.6 Å². The lowest BCUT2D eigenvalue weighted by molar-refractivity contribution is -0.160. The zero-order valence-corrected chi connectivity index (χ0v) is 28.4. The molecule has 12 heteroatoms. The first-order chi connectivity index (χ1) is 23.7. The number of halogens is 3. The van der Waals surface area contributed by atoms with E-state index in [1.807, 2.05) is 51.1 Å². The maximum Gasteiger partial charge on any atom is 0.303 e. The third-order valence-electron chi connectivity index (χ3n) is 8.53. The van der Waals surface area contributed by atoms with E-state index in [4.69, 9.17) is 9.15 Å². The lowest BCUT2D eigenvalue weighted by Crippen LogP contribution is -2.49. The molecule has 0 radical (unpaired) electrons. The molecule has 4 aromatic rings. The van der Waals surface area contributed by atoms with Crippen molar-refractivity contribution in [3.8, 4) is 11.5 Å². The summed E-state index contributed by atoms with van der Waals surface area (Å²) in [7, 11) is 0. The van der Waals surface area contributed by atoms with Gasteiger partial charge in [-0.3, -0.25) is 24.1 Å². The highest BCUT2D eigenvalue weighted by Gasteiger charge is 2.44. The number of benzene rings is 3. The van der Waals surface area contributed by atoms with Crippen molar-refractivity contribution in [1.82, 2.24) is 14.8 Å². The van der Waals surface area contributed by atoms with Gasteiger partial charge in [-0.15, -0.1) is 0 Å². The molecule has 2 unspecified atom stereocenters. The molecule has 3 aromatic carbocycles. The van der Waals surface area contributed by atoms with Gasteiger partial charge in [0, 0.05) is 19.9 Å². The molecule has 1 aliphatic heterocycles. The van der Waals surface area contributed by atoms with Crippen LogP contribution in [0.4, 0.5) is 13.2 Å². The molecule has 0 N–H and O–H groups in total. The number of hydrogen-bond donors (Lipinski definition) is 0. The third-order valence-corrected chi connectivity index (χ3v) is 8.53. The van der Waals surface area contributed by atoms with Crippen molar-refractivity contribution in [1.29, 1.82) is 0 Å². The van der Waals surface area contributed by atoms with Crippen molar-refractivity contribution in [2.45, 2.75) is 65.6 Å². The fraction of sp³-hybridized carbons (Fsp3) is 0.342. The molecular formula is C38H38F3N3O6. The number of nitrogens with zero attached hydrogens (tertiary/aromatic N) is 3. The highest BCUT2D eigenvalue weighted by Crippen LogP contribution is 2.42. The van der Waals surface area contributed by atoms with Gasteiger partial charge in [-0.2, -0.15) is 0 Å². The van der Waals surface area contributed by atoms with E-state index in [2.05, 4.69) is 4.98 Å². The molecule has 1 aliphatic rings. The molecule has 0 bridgehead atoms. The number of fused-ring (bicyclic) bond motifs is 1. The highest BCUT2D eigenvalue weighted by atomic mass is 19.1. The first-order valence-electron chi connectivity index (χ1n) is 16.2. The molecule has 0 spiro atoms. The van der Waals surface area contributed by atoms with Crippen LogP contribution in [0.1, 0.15) is 84.8 Å². The van der Waals surface area contributed by atoms with Crippen LogP contribution in [0.25, 0.3) is 11.5 Å². The number of hydrogen-bond acceptors (Lipinski definition) is 7. The van der Waals surface area contributed by atoms with Crippen LogP contribution in [0.2, 0.25) is 0 Å². The third kappa shape index (κ3) is 7.49. The fourth-order valence-corrected chi connectivity index (χ4v) is 6.29. The number of carbonyl (C=O) groups is 4. The Labute approximate surface area is 288 Å². The van der Waals surface area contributed by atoms with Gasteiger partial charge < -0.3 is 14.1 Å². The van der Waals surface area contributed by atoms with E-state index >= 15 is 4.39 Å². The average molecular weight is 690 g/mol. The van der Waals surface area contributed by atoms with Crippen molar-refractivity contribution in [2.24, 2.45) is 5.41 Å². The summed E-state index contributed by atoms with van der Waals surface area (Å²) in [5, 5.41) is 0. The molecule has 5 rings (SSSR count). The number of ether oxygens (including phenoxy) is 1. The number of alkyl halides is 1. The summed E-state index contributed by atoms with van der Waals surface area (Å²) in [5.74, 6) is -4.10. The fourth-order valence-electron chi connectivity index (χ4n) is 6.29. The zero-order chi connectivity index (χ0) is 36.3. The van der Waals surface area contributed by atoms with E-state index in [1.54, 1.807) is 12.1 Å². The lowest BCUT2D eigenvalue weighted by atomic mass is 9.82. The zero-order valence-electron chi connectivity index (χ0n) is 28.4. The molecule has 2 heterocycles. The van der Waals surface area contributed by atoms with Crippen LogP contribution in [0.3, 0.4) is 0 Å². The van der Waals surface area contributed by atoms with Gasteiger partial charge in [0.15, 0.2) is 6.10 Å². The highest BCUT2D eigenvalue weighted by molar-refractivity contribution is 6.21. The van der Waals surface area contributed by atoms with E-state index in [1.165, 1.54) is 24.0 Å². The van der Waals surface area contributed by atoms with Crippen LogP contribution in [0.15, 0.2) is 77.2 Å². The van der Waals surface area contributed by atoms with Gasteiger partial charge >= 0.3 is 5.97 Å². The molecular weight excluding hydrogens is 651 g/mol. The predicted molar refractivity (Wildman–Crippen MR) is 178 cm³/mol. The van der Waals surface area contributed by atoms with Crippen LogP contribution in [0.5, 0.6) is 0 Å². The summed E-state index contributed by atoms with van der Waals surface area (Å²) in [4.78, 5) is 59.6. The molecule has 9 nitrogen and oxygen atoms in total. The Kier molecular flexibility index (Phi) is 10.6. The van der Waals surface area contributed by atoms with Gasteiger partial charge in [0.1, 0.15) is 29.8 Å². The molecule has 0 fully saturated rings. The standard InChI is InChI=1S/C38H38F3N3O6/c1-22(49-23(2)45)35(46)43(18-17-26(21-39)44-36(47)27-13-9-10-14-28(27)37(44)48)33(38(3,4)5)32-31(19-24-11-7-6-8-12-24)50-34(42-32)29-20-25(40)15-16-30(29)41/h6-16,20,22,26,33H,17-19,21H2,1-5H3/t22?,26?,33-/m1/s1. The van der Waals surface area contributed by atoms with E-state index in [0.717, 1.165) is 35.6 Å². The monoisotopic (exact) mass is 689 g/mol. The second kappa shape index (κ2) is 14.7. The van der Waals surface area contributed by atoms with E-state index in [0.29, 0.717) is 0 Å². The molecule has 3 atom stereocenters. The Balaban J connectivity index is 1.61. The summed E-state index contributed by atoms with van der Waals surface area (Å²) in [5.41, 5.74) is 0.272. The van der Waals surface area contributed by atoms with Crippen molar-refractivity contribution in [3.05, 3.63) is 113 Å². The number of imide groups is 1. The minimum Gasteiger partial charge on any atom is -0.453 e. The second-order valence-electron chi connectivity index (χ2n) is 13.3. The SMILES string of the molecule is CC(=O)OC(C)C(=O)N(CCC(CF)N1C(=O)c2ccccc2C1=O)[C@H](c1nc(-c2cc(F)ccc2F)oc1Cc1ccccc1)C(C)(C)C. The normalized spacial score (nSPS) is 14.7. The largest absolute Gasteiger partial charge is 0.453 e. The van der Waals surface area contributed by atoms with Crippen LogP contribution in [0, 0.1) is 17.0 Å². The number of esters is 1. The minimum absolute atomic E-state index is 0.158. The van der Waals surface area contributed by atoms with Gasteiger partial charge in [0.05, 0.1) is 28.8 Å². The first-order valence-corrected chi connectivity index (χ1v) is 16.2. The second-order valence-corrected chi connectivity index (χ2v) is 13.3. The Morgan fingerprint density at radius 1 is 0.940 bits per heavy atom. The quantitative estimate of drug-likeness (QED) is 0.115. The Morgan fingerprint density at radius 2 is 1.56 bits per heavy atom. The van der Waals surface area contributed by atoms with Crippen molar-refractivity contribution in [3.63, 3.8) is 0 Å². The maximum absolute atomic E-state index is 15.1. The van der Waals surface area contributed by atoms with Gasteiger partial charge in [-0.25, -0.2) is 18.2 Å². The minimum atomic E-state index is -1.29. The maximum atomic E-state index is 15.1. The molecule has 1 aromatic heterocycles. The van der Waals surface area contributed by atoms with Crippen LogP contribution >= 0.6 is 0 Å². The number of carbonyl (C=O) groups excluding carboxylic acids is 4. The summed E-state index contributed by atoms with van der Waals surface area (Å²) in [6, 6.07) is 16.1. The smallest absolute Gasteiger partial charge is 0.303 e. The van der Waals surface area contributed by atoms with Crippen LogP contribution in [-0.4, -0.2) is 63.8 Å². The number of amides is 3. The first kappa shape index (κ1) is 36.0. The van der Waals surface area contributed by atoms with Gasteiger partial charge in [0.2, 0.25) is 5.89 Å². The van der Waals surface area contributed by atoms with E-state index in [9.17, 15) is 28.0 Å². The Hall–Kier alpha value is -5.26. The number of rotatable bonds is 12. The molecule has 0 saturated carbocycles. The molecule has 0 aliphatic carbocycles. The van der Waals surface area contributed by atoms with Crippen molar-refractivity contribution < 1.29 is 41.5 Å². The lowest BCUT2D eigenvalue weighted by Gasteiger charge is -2.41. The van der Waals surface area contributed by atoms with Gasteiger partial charge in [-0.1, -0.05) is 63.2 Å².